The van der Waals surface area contributed by atoms with Gasteiger partial charge in [0.05, 0.1) is 12.7 Å². The monoisotopic (exact) mass is 301 g/mol. The molecule has 4 rings (SSSR count). The summed E-state index contributed by atoms with van der Waals surface area (Å²) in [6, 6.07) is 4.14. The molecule has 2 aliphatic rings. The molecule has 0 aromatic carbocycles. The Kier molecular flexibility index (Phi) is 3.31. The minimum atomic E-state index is -0.0516. The Morgan fingerprint density at radius 1 is 1.45 bits per heavy atom. The van der Waals surface area contributed by atoms with Gasteiger partial charge >= 0.3 is 0 Å². The van der Waals surface area contributed by atoms with Crippen molar-refractivity contribution in [3.63, 3.8) is 0 Å². The third kappa shape index (κ3) is 2.46. The summed E-state index contributed by atoms with van der Waals surface area (Å²) in [7, 11) is 0. The molecule has 0 unspecified atom stereocenters. The van der Waals surface area contributed by atoms with E-state index in [-0.39, 0.29) is 18.1 Å². The zero-order valence-corrected chi connectivity index (χ0v) is 12.5. The normalized spacial score (nSPS) is 28.7. The lowest BCUT2D eigenvalue weighted by atomic mass is 10.1. The van der Waals surface area contributed by atoms with Crippen molar-refractivity contribution in [2.45, 2.75) is 31.5 Å². The largest absolute Gasteiger partial charge is 0.376 e. The summed E-state index contributed by atoms with van der Waals surface area (Å²) in [6.45, 7) is 4.70. The van der Waals surface area contributed by atoms with E-state index in [1.165, 1.54) is 6.33 Å². The molecular weight excluding hydrogens is 282 g/mol. The highest BCUT2D eigenvalue weighted by atomic mass is 16.5. The second-order valence-corrected chi connectivity index (χ2v) is 6.14. The first-order valence-corrected chi connectivity index (χ1v) is 7.65. The molecule has 2 saturated heterocycles. The maximum atomic E-state index is 12.4. The van der Waals surface area contributed by atoms with E-state index in [9.17, 15) is 4.79 Å². The number of aromatic nitrogens is 3. The maximum absolute atomic E-state index is 12.4. The van der Waals surface area contributed by atoms with E-state index in [4.69, 9.17) is 4.74 Å². The van der Waals surface area contributed by atoms with Crippen molar-refractivity contribution in [3.05, 3.63) is 30.2 Å². The van der Waals surface area contributed by atoms with E-state index in [0.29, 0.717) is 17.3 Å². The molecule has 2 aliphatic heterocycles. The molecule has 22 heavy (non-hydrogen) atoms. The zero-order valence-electron chi connectivity index (χ0n) is 12.5. The number of ether oxygens (including phenoxy) is 1. The van der Waals surface area contributed by atoms with Crippen LogP contribution in [0.2, 0.25) is 0 Å². The Bertz CT molecular complexity index is 700. The molecule has 7 heteroatoms. The lowest BCUT2D eigenvalue weighted by molar-refractivity contribution is -0.0390. The summed E-state index contributed by atoms with van der Waals surface area (Å²) in [5, 5.41) is 7.16. The van der Waals surface area contributed by atoms with Crippen LogP contribution >= 0.6 is 0 Å². The Hall–Kier alpha value is -1.99. The van der Waals surface area contributed by atoms with Crippen molar-refractivity contribution in [1.82, 2.24) is 24.8 Å². The first-order valence-electron chi connectivity index (χ1n) is 7.65. The Morgan fingerprint density at radius 2 is 2.36 bits per heavy atom. The Labute approximate surface area is 128 Å². The van der Waals surface area contributed by atoms with Crippen molar-refractivity contribution in [2.75, 3.05) is 19.7 Å². The molecule has 0 bridgehead atoms. The van der Waals surface area contributed by atoms with Crippen molar-refractivity contribution < 1.29 is 9.53 Å². The molecule has 0 aliphatic carbocycles. The van der Waals surface area contributed by atoms with Gasteiger partial charge in [0.15, 0.2) is 5.65 Å². The molecule has 0 radical (unpaired) electrons. The number of rotatable bonds is 2. The van der Waals surface area contributed by atoms with Crippen LogP contribution < -0.4 is 5.32 Å². The van der Waals surface area contributed by atoms with Crippen molar-refractivity contribution >= 4 is 11.6 Å². The number of nitrogens with one attached hydrogen (secondary N) is 1. The van der Waals surface area contributed by atoms with Gasteiger partial charge in [0.1, 0.15) is 6.33 Å². The average molecular weight is 301 g/mol. The van der Waals surface area contributed by atoms with Crippen LogP contribution in [0, 0.1) is 0 Å². The zero-order chi connectivity index (χ0) is 15.1. The Balaban J connectivity index is 1.43. The maximum Gasteiger partial charge on any atom is 0.251 e. The molecule has 1 amide bonds. The molecule has 0 saturated carbocycles. The van der Waals surface area contributed by atoms with Gasteiger partial charge < -0.3 is 10.1 Å². The summed E-state index contributed by atoms with van der Waals surface area (Å²) < 4.78 is 7.34. The fourth-order valence-corrected chi connectivity index (χ4v) is 3.37. The molecule has 3 atom stereocenters. The van der Waals surface area contributed by atoms with Crippen LogP contribution in [0.15, 0.2) is 24.7 Å². The van der Waals surface area contributed by atoms with E-state index in [0.717, 1.165) is 26.1 Å². The van der Waals surface area contributed by atoms with Gasteiger partial charge in [0.25, 0.3) is 5.91 Å². The predicted octanol–water partition coefficient (Wildman–Crippen LogP) is 0.321. The second kappa shape index (κ2) is 5.33. The molecule has 2 aromatic heterocycles. The Morgan fingerprint density at radius 3 is 3.27 bits per heavy atom. The topological polar surface area (TPSA) is 71.8 Å². The molecule has 0 spiro atoms. The first-order chi connectivity index (χ1) is 10.7. The van der Waals surface area contributed by atoms with Gasteiger partial charge in [-0.1, -0.05) is 0 Å². The number of hydrogen-bond donors (Lipinski definition) is 1. The standard InChI is InChI=1S/C15H19N5O2/c1-10-6-19-7-12(5-13(19)8-22-10)18-15(21)11-2-3-20-14(4-11)16-9-17-20/h2-4,9-10,12-13H,5-8H2,1H3,(H,18,21)/t10-,12+,13+/m1/s1. The van der Waals surface area contributed by atoms with Crippen LogP contribution in [0.4, 0.5) is 0 Å². The average Bonchev–Trinajstić information content (AvgIpc) is 3.11. The third-order valence-corrected chi connectivity index (χ3v) is 4.47. The van der Waals surface area contributed by atoms with Crippen molar-refractivity contribution in [3.8, 4) is 0 Å². The van der Waals surface area contributed by atoms with Crippen LogP contribution in [0.5, 0.6) is 0 Å². The van der Waals surface area contributed by atoms with Crippen LogP contribution in [0.25, 0.3) is 5.65 Å². The van der Waals surface area contributed by atoms with E-state index >= 15 is 0 Å². The predicted molar refractivity (Wildman–Crippen MR) is 79.6 cm³/mol. The van der Waals surface area contributed by atoms with Crippen molar-refractivity contribution in [1.29, 1.82) is 0 Å². The number of nitrogens with zero attached hydrogens (tertiary/aromatic N) is 4. The van der Waals surface area contributed by atoms with Gasteiger partial charge in [0.2, 0.25) is 0 Å². The number of amides is 1. The van der Waals surface area contributed by atoms with E-state index < -0.39 is 0 Å². The lowest BCUT2D eigenvalue weighted by Gasteiger charge is -2.33. The van der Waals surface area contributed by atoms with Gasteiger partial charge in [-0.25, -0.2) is 9.50 Å². The number of carbonyl (C=O) groups excluding carboxylic acids is 1. The van der Waals surface area contributed by atoms with Crippen LogP contribution in [-0.4, -0.2) is 63.3 Å². The van der Waals surface area contributed by atoms with Gasteiger partial charge in [-0.2, -0.15) is 5.10 Å². The van der Waals surface area contributed by atoms with Gasteiger partial charge in [-0.3, -0.25) is 9.69 Å². The van der Waals surface area contributed by atoms with Crippen LogP contribution in [-0.2, 0) is 4.74 Å². The highest BCUT2D eigenvalue weighted by Gasteiger charge is 2.36. The molecule has 116 valence electrons. The summed E-state index contributed by atoms with van der Waals surface area (Å²) in [5.41, 5.74) is 1.30. The van der Waals surface area contributed by atoms with E-state index in [2.05, 4.69) is 27.2 Å². The van der Waals surface area contributed by atoms with Crippen LogP contribution in [0.1, 0.15) is 23.7 Å². The SMILES string of the molecule is C[C@@H]1CN2C[C@@H](NC(=O)c3ccn4ncnc4c3)C[C@H]2CO1. The second-order valence-electron chi connectivity index (χ2n) is 6.14. The van der Waals surface area contributed by atoms with E-state index in [1.807, 2.05) is 0 Å². The number of morpholine rings is 1. The van der Waals surface area contributed by atoms with E-state index in [1.54, 1.807) is 22.8 Å². The van der Waals surface area contributed by atoms with Crippen molar-refractivity contribution in [2.24, 2.45) is 0 Å². The van der Waals surface area contributed by atoms with Gasteiger partial charge in [-0.15, -0.1) is 0 Å². The molecular formula is C15H19N5O2. The first kappa shape index (κ1) is 13.7. The smallest absolute Gasteiger partial charge is 0.251 e. The minimum absolute atomic E-state index is 0.0516. The van der Waals surface area contributed by atoms with Gasteiger partial charge in [-0.05, 0) is 25.5 Å². The summed E-state index contributed by atoms with van der Waals surface area (Å²) in [4.78, 5) is 18.9. The number of fused-ring (bicyclic) bond motifs is 2. The molecule has 1 N–H and O–H groups in total. The number of pyridine rings is 1. The minimum Gasteiger partial charge on any atom is -0.376 e. The van der Waals surface area contributed by atoms with Gasteiger partial charge in [0, 0.05) is 36.9 Å². The summed E-state index contributed by atoms with van der Waals surface area (Å²) >= 11 is 0. The fraction of sp³-hybridized carbons (Fsp3) is 0.533. The summed E-state index contributed by atoms with van der Waals surface area (Å²) in [6.07, 6.45) is 4.46. The number of hydrogen-bond acceptors (Lipinski definition) is 5. The molecule has 7 nitrogen and oxygen atoms in total. The number of carbonyl (C=O) groups is 1. The third-order valence-electron chi connectivity index (χ3n) is 4.47. The van der Waals surface area contributed by atoms with Crippen LogP contribution in [0.3, 0.4) is 0 Å². The molecule has 2 fully saturated rings. The quantitative estimate of drug-likeness (QED) is 0.865. The highest BCUT2D eigenvalue weighted by Crippen LogP contribution is 2.23. The lowest BCUT2D eigenvalue weighted by Crippen LogP contribution is -2.45. The molecule has 4 heterocycles. The molecule has 2 aromatic rings. The fourth-order valence-electron chi connectivity index (χ4n) is 3.37. The highest BCUT2D eigenvalue weighted by molar-refractivity contribution is 5.95. The summed E-state index contributed by atoms with van der Waals surface area (Å²) in [5.74, 6) is -0.0516.